The minimum atomic E-state index is 0.550. The maximum absolute atomic E-state index is 5.81. The van der Waals surface area contributed by atoms with E-state index >= 15 is 0 Å². The molecule has 5 nitrogen and oxygen atoms in total. The number of nitrogens with zero attached hydrogens (tertiary/aromatic N) is 4. The predicted octanol–water partition coefficient (Wildman–Crippen LogP) is 2.39. The molecule has 21 heavy (non-hydrogen) atoms. The van der Waals surface area contributed by atoms with Crippen LogP contribution in [0.4, 0.5) is 5.95 Å². The fourth-order valence-corrected chi connectivity index (χ4v) is 3.67. The molecule has 0 radical (unpaired) electrons. The van der Waals surface area contributed by atoms with E-state index in [1.54, 1.807) is 11.3 Å². The maximum Gasteiger partial charge on any atom is 0.225 e. The summed E-state index contributed by atoms with van der Waals surface area (Å²) in [6.07, 6.45) is 4.19. The molecule has 2 aromatic heterocycles. The first-order valence-corrected chi connectivity index (χ1v) is 8.21. The molecular formula is C15H21N5S. The normalized spacial score (nSPS) is 19.0. The number of hydrogen-bond acceptors (Lipinski definition) is 6. The molecule has 0 spiro atoms. The van der Waals surface area contributed by atoms with Crippen LogP contribution in [0.5, 0.6) is 0 Å². The summed E-state index contributed by atoms with van der Waals surface area (Å²) in [5, 5.41) is 1.07. The highest BCUT2D eigenvalue weighted by molar-refractivity contribution is 7.11. The van der Waals surface area contributed by atoms with Crippen LogP contribution in [-0.2, 0) is 0 Å². The molecule has 0 aliphatic carbocycles. The van der Waals surface area contributed by atoms with Crippen molar-refractivity contribution in [2.75, 3.05) is 24.5 Å². The summed E-state index contributed by atoms with van der Waals surface area (Å²) in [7, 11) is 0. The fraction of sp³-hybridized carbons (Fsp3) is 0.533. The van der Waals surface area contributed by atoms with Gasteiger partial charge in [-0.15, -0.1) is 11.3 Å². The average Bonchev–Trinajstić information content (AvgIpc) is 2.86. The van der Waals surface area contributed by atoms with Gasteiger partial charge >= 0.3 is 0 Å². The second kappa shape index (κ2) is 6.07. The predicted molar refractivity (Wildman–Crippen MR) is 86.6 cm³/mol. The maximum atomic E-state index is 5.81. The quantitative estimate of drug-likeness (QED) is 0.943. The van der Waals surface area contributed by atoms with Crippen LogP contribution in [0.1, 0.15) is 22.7 Å². The highest BCUT2D eigenvalue weighted by atomic mass is 32.1. The monoisotopic (exact) mass is 303 g/mol. The number of aryl methyl sites for hydroxylation is 2. The topological polar surface area (TPSA) is 67.9 Å². The minimum Gasteiger partial charge on any atom is -0.340 e. The smallest absolute Gasteiger partial charge is 0.225 e. The Labute approximate surface area is 129 Å². The van der Waals surface area contributed by atoms with Gasteiger partial charge in [0.1, 0.15) is 5.69 Å². The summed E-state index contributed by atoms with van der Waals surface area (Å²) in [4.78, 5) is 17.2. The Kier molecular flexibility index (Phi) is 4.17. The number of thiazole rings is 1. The van der Waals surface area contributed by atoms with E-state index < -0.39 is 0 Å². The first-order chi connectivity index (χ1) is 10.2. The van der Waals surface area contributed by atoms with E-state index in [2.05, 4.69) is 21.8 Å². The second-order valence-corrected chi connectivity index (χ2v) is 6.98. The molecule has 0 saturated carbocycles. The van der Waals surface area contributed by atoms with Gasteiger partial charge in [0.2, 0.25) is 5.95 Å². The summed E-state index contributed by atoms with van der Waals surface area (Å²) < 4.78 is 0. The molecule has 0 aromatic carbocycles. The lowest BCUT2D eigenvalue weighted by Gasteiger charge is -2.32. The number of hydrogen-bond donors (Lipinski definition) is 1. The zero-order valence-corrected chi connectivity index (χ0v) is 13.4. The molecule has 3 rings (SSSR count). The van der Waals surface area contributed by atoms with E-state index in [0.717, 1.165) is 48.4 Å². The van der Waals surface area contributed by atoms with E-state index in [1.165, 1.54) is 11.3 Å². The van der Waals surface area contributed by atoms with Crippen molar-refractivity contribution in [2.45, 2.75) is 26.7 Å². The molecule has 1 unspecified atom stereocenters. The zero-order chi connectivity index (χ0) is 14.8. The van der Waals surface area contributed by atoms with Gasteiger partial charge < -0.3 is 10.6 Å². The third-order valence-electron chi connectivity index (χ3n) is 3.92. The van der Waals surface area contributed by atoms with Crippen molar-refractivity contribution in [3.63, 3.8) is 0 Å². The lowest BCUT2D eigenvalue weighted by atomic mass is 9.99. The summed E-state index contributed by atoms with van der Waals surface area (Å²) in [5.41, 5.74) is 7.70. The van der Waals surface area contributed by atoms with Gasteiger partial charge in [-0.1, -0.05) is 0 Å². The Morgan fingerprint density at radius 2 is 2.24 bits per heavy atom. The average molecular weight is 303 g/mol. The number of piperidine rings is 1. The molecule has 1 aliphatic heterocycles. The van der Waals surface area contributed by atoms with Crippen molar-refractivity contribution >= 4 is 17.3 Å². The number of anilines is 1. The van der Waals surface area contributed by atoms with E-state index in [9.17, 15) is 0 Å². The first-order valence-electron chi connectivity index (χ1n) is 7.40. The lowest BCUT2D eigenvalue weighted by Crippen LogP contribution is -2.39. The molecule has 1 atom stereocenters. The van der Waals surface area contributed by atoms with E-state index in [0.29, 0.717) is 5.92 Å². The zero-order valence-electron chi connectivity index (χ0n) is 12.5. The minimum absolute atomic E-state index is 0.550. The van der Waals surface area contributed by atoms with E-state index in [-0.39, 0.29) is 0 Å². The van der Waals surface area contributed by atoms with Crippen molar-refractivity contribution in [3.8, 4) is 11.4 Å². The number of aromatic nitrogens is 3. The number of nitrogens with two attached hydrogens (primary N) is 1. The summed E-state index contributed by atoms with van der Waals surface area (Å²) in [5.74, 6) is 1.35. The Bertz CT molecular complexity index is 624. The Balaban J connectivity index is 1.88. The standard InChI is InChI=1S/C15H21N5S/c1-10-14(18-11(2)21-10)13-5-6-17-15(19-13)20-7-3-4-12(8-16)9-20/h5-6,12H,3-4,7-9,16H2,1-2H3. The molecule has 3 heterocycles. The van der Waals surface area contributed by atoms with Crippen LogP contribution in [0, 0.1) is 19.8 Å². The molecular weight excluding hydrogens is 282 g/mol. The molecule has 0 bridgehead atoms. The van der Waals surface area contributed by atoms with Crippen molar-refractivity contribution in [2.24, 2.45) is 11.7 Å². The van der Waals surface area contributed by atoms with Crippen LogP contribution >= 0.6 is 11.3 Å². The van der Waals surface area contributed by atoms with Gasteiger partial charge in [-0.2, -0.15) is 0 Å². The molecule has 0 amide bonds. The molecule has 112 valence electrons. The highest BCUT2D eigenvalue weighted by Crippen LogP contribution is 2.27. The van der Waals surface area contributed by atoms with Gasteiger partial charge in [0, 0.05) is 24.2 Å². The largest absolute Gasteiger partial charge is 0.340 e. The Morgan fingerprint density at radius 1 is 1.38 bits per heavy atom. The van der Waals surface area contributed by atoms with Crippen LogP contribution in [0.3, 0.4) is 0 Å². The highest BCUT2D eigenvalue weighted by Gasteiger charge is 2.21. The van der Waals surface area contributed by atoms with Crippen molar-refractivity contribution in [1.29, 1.82) is 0 Å². The number of rotatable bonds is 3. The first kappa shape index (κ1) is 14.4. The molecule has 1 fully saturated rings. The lowest BCUT2D eigenvalue weighted by molar-refractivity contribution is 0.419. The van der Waals surface area contributed by atoms with Gasteiger partial charge in [0.25, 0.3) is 0 Å². The van der Waals surface area contributed by atoms with E-state index in [4.69, 9.17) is 10.7 Å². The fourth-order valence-electron chi connectivity index (χ4n) is 2.84. The van der Waals surface area contributed by atoms with Crippen molar-refractivity contribution in [3.05, 3.63) is 22.1 Å². The summed E-state index contributed by atoms with van der Waals surface area (Å²) >= 11 is 1.71. The molecule has 2 aromatic rings. The van der Waals surface area contributed by atoms with Crippen LogP contribution in [0.2, 0.25) is 0 Å². The molecule has 1 aliphatic rings. The van der Waals surface area contributed by atoms with Gasteiger partial charge in [-0.05, 0) is 45.2 Å². The van der Waals surface area contributed by atoms with Crippen LogP contribution in [0.25, 0.3) is 11.4 Å². The molecule has 2 N–H and O–H groups in total. The van der Waals surface area contributed by atoms with Crippen molar-refractivity contribution in [1.82, 2.24) is 15.0 Å². The molecule has 6 heteroatoms. The van der Waals surface area contributed by atoms with Gasteiger partial charge in [-0.3, -0.25) is 0 Å². The van der Waals surface area contributed by atoms with Crippen LogP contribution < -0.4 is 10.6 Å². The molecule has 1 saturated heterocycles. The second-order valence-electron chi connectivity index (χ2n) is 5.57. The van der Waals surface area contributed by atoms with Gasteiger partial charge in [0.05, 0.1) is 10.7 Å². The van der Waals surface area contributed by atoms with Crippen LogP contribution in [-0.4, -0.2) is 34.6 Å². The summed E-state index contributed by atoms with van der Waals surface area (Å²) in [6, 6.07) is 1.94. The van der Waals surface area contributed by atoms with Gasteiger partial charge in [-0.25, -0.2) is 15.0 Å². The Hall–Kier alpha value is -1.53. The van der Waals surface area contributed by atoms with Crippen LogP contribution in [0.15, 0.2) is 12.3 Å². The Morgan fingerprint density at radius 3 is 2.95 bits per heavy atom. The van der Waals surface area contributed by atoms with Crippen molar-refractivity contribution < 1.29 is 0 Å². The summed E-state index contributed by atoms with van der Waals surface area (Å²) in [6.45, 7) is 6.82. The van der Waals surface area contributed by atoms with Gasteiger partial charge in [0.15, 0.2) is 0 Å². The van der Waals surface area contributed by atoms with E-state index in [1.807, 2.05) is 19.2 Å². The SMILES string of the molecule is Cc1nc(-c2ccnc(N3CCCC(CN)C3)n2)c(C)s1. The third-order valence-corrected chi connectivity index (χ3v) is 4.81. The third kappa shape index (κ3) is 3.06.